The zero-order valence-corrected chi connectivity index (χ0v) is 12.3. The van der Waals surface area contributed by atoms with Crippen LogP contribution in [0.5, 0.6) is 0 Å². The van der Waals surface area contributed by atoms with Crippen LogP contribution in [0.15, 0.2) is 0 Å². The van der Waals surface area contributed by atoms with Crippen molar-refractivity contribution in [3.8, 4) is 0 Å². The van der Waals surface area contributed by atoms with Gasteiger partial charge in [-0.05, 0) is 45.1 Å². The highest BCUT2D eigenvalue weighted by molar-refractivity contribution is 7.19. The van der Waals surface area contributed by atoms with Gasteiger partial charge in [-0.2, -0.15) is 0 Å². The van der Waals surface area contributed by atoms with E-state index < -0.39 is 12.0 Å². The maximum atomic E-state index is 10.9. The third-order valence-electron chi connectivity index (χ3n) is 3.63. The second-order valence-corrected chi connectivity index (χ2v) is 6.28. The van der Waals surface area contributed by atoms with Crippen LogP contribution in [-0.4, -0.2) is 22.0 Å². The van der Waals surface area contributed by atoms with Crippen molar-refractivity contribution in [2.75, 3.05) is 5.32 Å². The molecule has 0 fully saturated rings. The number of aryl methyl sites for hydroxylation is 3. The first-order valence-corrected chi connectivity index (χ1v) is 7.64. The van der Waals surface area contributed by atoms with Crippen LogP contribution in [0, 0.1) is 6.92 Å². The SMILES string of the molecule is Cc1nc(N[C@@H](C)C(=O)[O-])c2c3c(sc2n1)CCCC3. The average molecular weight is 290 g/mol. The Kier molecular flexibility index (Phi) is 3.33. The quantitative estimate of drug-likeness (QED) is 0.925. The Balaban J connectivity index is 2.14. The van der Waals surface area contributed by atoms with E-state index in [1.165, 1.54) is 23.3 Å². The maximum absolute atomic E-state index is 10.9. The third-order valence-corrected chi connectivity index (χ3v) is 4.82. The third kappa shape index (κ3) is 2.24. The summed E-state index contributed by atoms with van der Waals surface area (Å²) < 4.78 is 0. The van der Waals surface area contributed by atoms with E-state index in [4.69, 9.17) is 0 Å². The van der Waals surface area contributed by atoms with E-state index >= 15 is 0 Å². The zero-order valence-electron chi connectivity index (χ0n) is 11.5. The second-order valence-electron chi connectivity index (χ2n) is 5.20. The Morgan fingerprint density at radius 2 is 2.10 bits per heavy atom. The van der Waals surface area contributed by atoms with Crippen LogP contribution in [0.2, 0.25) is 0 Å². The molecular formula is C14H16N3O2S-. The molecule has 20 heavy (non-hydrogen) atoms. The van der Waals surface area contributed by atoms with Crippen LogP contribution in [0.3, 0.4) is 0 Å². The lowest BCUT2D eigenvalue weighted by Gasteiger charge is -2.17. The van der Waals surface area contributed by atoms with Crippen LogP contribution in [-0.2, 0) is 17.6 Å². The number of nitrogens with one attached hydrogen (secondary N) is 1. The van der Waals surface area contributed by atoms with Crippen LogP contribution >= 0.6 is 11.3 Å². The van der Waals surface area contributed by atoms with Gasteiger partial charge in [-0.1, -0.05) is 0 Å². The largest absolute Gasteiger partial charge is 0.548 e. The van der Waals surface area contributed by atoms with Gasteiger partial charge in [0.1, 0.15) is 16.5 Å². The van der Waals surface area contributed by atoms with Gasteiger partial charge in [0.25, 0.3) is 0 Å². The van der Waals surface area contributed by atoms with Gasteiger partial charge in [-0.3, -0.25) is 0 Å². The molecule has 0 aromatic carbocycles. The number of hydrogen-bond acceptors (Lipinski definition) is 6. The zero-order chi connectivity index (χ0) is 14.3. The molecule has 0 radical (unpaired) electrons. The minimum absolute atomic E-state index is 0.628. The van der Waals surface area contributed by atoms with E-state index in [9.17, 15) is 9.90 Å². The Labute approximate surface area is 121 Å². The van der Waals surface area contributed by atoms with Crippen molar-refractivity contribution < 1.29 is 9.90 Å². The van der Waals surface area contributed by atoms with Crippen molar-refractivity contribution in [2.24, 2.45) is 0 Å². The summed E-state index contributed by atoms with van der Waals surface area (Å²) in [6.45, 7) is 3.39. The summed E-state index contributed by atoms with van der Waals surface area (Å²) in [7, 11) is 0. The number of rotatable bonds is 3. The highest BCUT2D eigenvalue weighted by atomic mass is 32.1. The van der Waals surface area contributed by atoms with E-state index in [0.29, 0.717) is 11.6 Å². The van der Waals surface area contributed by atoms with Gasteiger partial charge in [0, 0.05) is 4.88 Å². The van der Waals surface area contributed by atoms with Crippen molar-refractivity contribution in [1.82, 2.24) is 9.97 Å². The number of carbonyl (C=O) groups excluding carboxylic acids is 1. The summed E-state index contributed by atoms with van der Waals surface area (Å²) in [5.74, 6) is 0.159. The Hall–Kier alpha value is -1.69. The smallest absolute Gasteiger partial charge is 0.139 e. The van der Waals surface area contributed by atoms with E-state index in [1.807, 2.05) is 6.92 Å². The van der Waals surface area contributed by atoms with Crippen molar-refractivity contribution in [2.45, 2.75) is 45.6 Å². The standard InChI is InChI=1S/C14H17N3O2S/c1-7(14(18)19)15-12-11-9-5-3-4-6-10(9)20-13(11)17-8(2)16-12/h7H,3-6H2,1-2H3,(H,18,19)(H,15,16,17)/p-1/t7-/m0/s1. The molecule has 1 N–H and O–H groups in total. The number of fused-ring (bicyclic) bond motifs is 3. The van der Waals surface area contributed by atoms with E-state index in [2.05, 4.69) is 15.3 Å². The van der Waals surface area contributed by atoms with E-state index in [1.54, 1.807) is 18.3 Å². The van der Waals surface area contributed by atoms with Crippen LogP contribution in [0.1, 0.15) is 36.0 Å². The number of anilines is 1. The molecular weight excluding hydrogens is 274 g/mol. The number of hydrogen-bond donors (Lipinski definition) is 1. The topological polar surface area (TPSA) is 77.9 Å². The summed E-state index contributed by atoms with van der Waals surface area (Å²) in [6, 6.07) is -0.772. The molecule has 0 spiro atoms. The minimum Gasteiger partial charge on any atom is -0.548 e. The summed E-state index contributed by atoms with van der Waals surface area (Å²) in [6.07, 6.45) is 4.49. The molecule has 3 rings (SSSR count). The van der Waals surface area contributed by atoms with Crippen LogP contribution in [0.4, 0.5) is 5.82 Å². The lowest BCUT2D eigenvalue weighted by molar-refractivity contribution is -0.306. The highest BCUT2D eigenvalue weighted by Gasteiger charge is 2.21. The molecule has 6 heteroatoms. The van der Waals surface area contributed by atoms with Crippen molar-refractivity contribution in [1.29, 1.82) is 0 Å². The van der Waals surface area contributed by atoms with Gasteiger partial charge in [-0.25, -0.2) is 9.97 Å². The normalized spacial score (nSPS) is 15.9. The molecule has 0 aliphatic heterocycles. The van der Waals surface area contributed by atoms with Crippen LogP contribution < -0.4 is 10.4 Å². The molecule has 1 aliphatic rings. The highest BCUT2D eigenvalue weighted by Crippen LogP contribution is 2.38. The summed E-state index contributed by atoms with van der Waals surface area (Å²) >= 11 is 1.71. The summed E-state index contributed by atoms with van der Waals surface area (Å²) in [5.41, 5.74) is 1.30. The first-order valence-electron chi connectivity index (χ1n) is 6.82. The average Bonchev–Trinajstić information content (AvgIpc) is 2.76. The molecule has 0 saturated carbocycles. The van der Waals surface area contributed by atoms with E-state index in [-0.39, 0.29) is 0 Å². The number of carbonyl (C=O) groups is 1. The number of carboxylic acid groups (broad SMARTS) is 1. The molecule has 5 nitrogen and oxygen atoms in total. The maximum Gasteiger partial charge on any atom is 0.139 e. The molecule has 2 aromatic rings. The lowest BCUT2D eigenvalue weighted by atomic mass is 9.97. The molecule has 2 aromatic heterocycles. The fourth-order valence-corrected chi connectivity index (χ4v) is 3.94. The Bertz CT molecular complexity index is 681. The molecule has 2 heterocycles. The monoisotopic (exact) mass is 290 g/mol. The van der Waals surface area contributed by atoms with Gasteiger partial charge in [-0.15, -0.1) is 11.3 Å². The number of nitrogens with zero attached hydrogens (tertiary/aromatic N) is 2. The van der Waals surface area contributed by atoms with Crippen molar-refractivity contribution in [3.63, 3.8) is 0 Å². The summed E-state index contributed by atoms with van der Waals surface area (Å²) in [5, 5.41) is 14.9. The predicted molar refractivity (Wildman–Crippen MR) is 76.9 cm³/mol. The molecule has 0 amide bonds. The number of thiophene rings is 1. The summed E-state index contributed by atoms with van der Waals surface area (Å²) in [4.78, 5) is 22.2. The van der Waals surface area contributed by atoms with Gasteiger partial charge in [0.05, 0.1) is 17.4 Å². The molecule has 0 bridgehead atoms. The molecule has 0 saturated heterocycles. The van der Waals surface area contributed by atoms with E-state index in [0.717, 1.165) is 23.1 Å². The lowest BCUT2D eigenvalue weighted by Crippen LogP contribution is -2.38. The first kappa shape index (κ1) is 13.3. The van der Waals surface area contributed by atoms with Gasteiger partial charge >= 0.3 is 0 Å². The molecule has 1 atom stereocenters. The number of aliphatic carboxylic acids is 1. The van der Waals surface area contributed by atoms with Crippen molar-refractivity contribution >= 4 is 33.3 Å². The predicted octanol–water partition coefficient (Wildman–Crippen LogP) is 1.43. The Morgan fingerprint density at radius 1 is 1.35 bits per heavy atom. The second kappa shape index (κ2) is 5.01. The number of carboxylic acids is 1. The Morgan fingerprint density at radius 3 is 2.85 bits per heavy atom. The van der Waals surface area contributed by atoms with Gasteiger partial charge in [0.15, 0.2) is 0 Å². The molecule has 106 valence electrons. The number of aromatic nitrogens is 2. The first-order chi connectivity index (χ1) is 9.56. The molecule has 0 unspecified atom stereocenters. The fourth-order valence-electron chi connectivity index (χ4n) is 2.63. The minimum atomic E-state index is -1.13. The van der Waals surface area contributed by atoms with Gasteiger partial charge < -0.3 is 15.2 Å². The fraction of sp³-hybridized carbons (Fsp3) is 0.500. The van der Waals surface area contributed by atoms with Crippen LogP contribution in [0.25, 0.3) is 10.2 Å². The molecule has 1 aliphatic carbocycles. The van der Waals surface area contributed by atoms with Crippen molar-refractivity contribution in [3.05, 3.63) is 16.3 Å². The van der Waals surface area contributed by atoms with Gasteiger partial charge in [0.2, 0.25) is 0 Å².